The molecule has 0 spiro atoms. The number of nitrogens with zero attached hydrogens (tertiary/aromatic N) is 3. The first-order valence-electron chi connectivity index (χ1n) is 8.37. The number of aromatic nitrogens is 1. The van der Waals surface area contributed by atoms with Crippen LogP contribution in [-0.4, -0.2) is 43.0 Å². The molecule has 0 saturated carbocycles. The maximum atomic E-state index is 14.6. The van der Waals surface area contributed by atoms with Crippen LogP contribution in [-0.2, 0) is 10.3 Å². The number of aryl methyl sites for hydroxylation is 1. The molecule has 1 aliphatic heterocycles. The molecule has 0 amide bonds. The lowest BCUT2D eigenvalue weighted by molar-refractivity contribution is -0.169. The first kappa shape index (κ1) is 18.8. The van der Waals surface area contributed by atoms with Gasteiger partial charge in [0.05, 0.1) is 19.6 Å². The van der Waals surface area contributed by atoms with Gasteiger partial charge in [0.15, 0.2) is 5.60 Å². The summed E-state index contributed by atoms with van der Waals surface area (Å²) in [6.45, 7) is 5.44. The van der Waals surface area contributed by atoms with Crippen molar-refractivity contribution in [3.63, 3.8) is 0 Å². The van der Waals surface area contributed by atoms with Gasteiger partial charge in [-0.3, -0.25) is 0 Å². The van der Waals surface area contributed by atoms with E-state index in [0.717, 1.165) is 22.1 Å². The molecule has 0 unspecified atom stereocenters. The van der Waals surface area contributed by atoms with Gasteiger partial charge >= 0.3 is 0 Å². The Hall–Kier alpha value is -1.99. The number of aliphatic imine (C=N–C) groups is 1. The van der Waals surface area contributed by atoms with Gasteiger partial charge in [0.1, 0.15) is 11.5 Å². The van der Waals surface area contributed by atoms with Crippen LogP contribution in [0.3, 0.4) is 0 Å². The van der Waals surface area contributed by atoms with Crippen LogP contribution in [0.15, 0.2) is 39.9 Å². The SMILES string of the molecule is CCN(C)C=Nc1cc(C)c(C2(Oc3ccc(Br)cn3)COC2)cc1F. The van der Waals surface area contributed by atoms with Crippen LogP contribution < -0.4 is 4.74 Å². The average Bonchev–Trinajstić information content (AvgIpc) is 2.60. The van der Waals surface area contributed by atoms with Crippen LogP contribution in [0.5, 0.6) is 5.88 Å². The Kier molecular flexibility index (Phi) is 5.58. The van der Waals surface area contributed by atoms with E-state index < -0.39 is 5.60 Å². The molecule has 2 heterocycles. The number of hydrogen-bond acceptors (Lipinski definition) is 4. The largest absolute Gasteiger partial charge is 0.461 e. The van der Waals surface area contributed by atoms with Gasteiger partial charge in [-0.05, 0) is 53.5 Å². The van der Waals surface area contributed by atoms with E-state index >= 15 is 0 Å². The van der Waals surface area contributed by atoms with Crippen molar-refractivity contribution in [1.82, 2.24) is 9.88 Å². The van der Waals surface area contributed by atoms with Crippen molar-refractivity contribution in [2.45, 2.75) is 19.4 Å². The fourth-order valence-corrected chi connectivity index (χ4v) is 2.91. The molecule has 26 heavy (non-hydrogen) atoms. The standard InChI is InChI=1S/C19H21BrFN3O2/c1-4-24(3)12-23-17-7-13(2)15(8-16(17)21)19(10-25-11-19)26-18-6-5-14(20)9-22-18/h5-9,12H,4,10-11H2,1-3H3. The first-order valence-corrected chi connectivity index (χ1v) is 9.16. The normalized spacial score (nSPS) is 15.7. The first-order chi connectivity index (χ1) is 12.4. The molecule has 0 atom stereocenters. The predicted octanol–water partition coefficient (Wildman–Crippen LogP) is 4.21. The lowest BCUT2D eigenvalue weighted by Crippen LogP contribution is -2.52. The average molecular weight is 422 g/mol. The molecule has 0 aliphatic carbocycles. The summed E-state index contributed by atoms with van der Waals surface area (Å²) in [6.07, 6.45) is 3.29. The van der Waals surface area contributed by atoms with Gasteiger partial charge in [-0.1, -0.05) is 0 Å². The Labute approximate surface area is 161 Å². The van der Waals surface area contributed by atoms with Crippen molar-refractivity contribution in [2.24, 2.45) is 4.99 Å². The third kappa shape index (κ3) is 3.88. The summed E-state index contributed by atoms with van der Waals surface area (Å²) in [7, 11) is 1.89. The van der Waals surface area contributed by atoms with Gasteiger partial charge < -0.3 is 14.4 Å². The highest BCUT2D eigenvalue weighted by Gasteiger charge is 2.45. The van der Waals surface area contributed by atoms with Crippen LogP contribution in [0.25, 0.3) is 0 Å². The lowest BCUT2D eigenvalue weighted by atomic mass is 9.88. The highest BCUT2D eigenvalue weighted by molar-refractivity contribution is 9.10. The summed E-state index contributed by atoms with van der Waals surface area (Å²) < 4.78 is 27.0. The second kappa shape index (κ2) is 7.72. The number of ether oxygens (including phenoxy) is 2. The van der Waals surface area contributed by atoms with E-state index in [1.165, 1.54) is 6.07 Å². The minimum atomic E-state index is -0.728. The summed E-state index contributed by atoms with van der Waals surface area (Å²) in [5.41, 5.74) is 1.24. The molecule has 5 nitrogen and oxygen atoms in total. The number of halogens is 2. The van der Waals surface area contributed by atoms with Crippen LogP contribution in [0, 0.1) is 12.7 Å². The second-order valence-electron chi connectivity index (χ2n) is 6.34. The van der Waals surface area contributed by atoms with Crippen molar-refractivity contribution in [2.75, 3.05) is 26.8 Å². The molecule has 0 radical (unpaired) electrons. The number of rotatable bonds is 6. The van der Waals surface area contributed by atoms with Gasteiger partial charge in [-0.2, -0.15) is 0 Å². The molecule has 0 N–H and O–H groups in total. The highest BCUT2D eigenvalue weighted by atomic mass is 79.9. The Balaban J connectivity index is 1.90. The monoisotopic (exact) mass is 421 g/mol. The molecule has 7 heteroatoms. The molecular formula is C19H21BrFN3O2. The van der Waals surface area contributed by atoms with E-state index in [0.29, 0.717) is 24.8 Å². The Morgan fingerprint density at radius 3 is 2.77 bits per heavy atom. The van der Waals surface area contributed by atoms with Crippen molar-refractivity contribution >= 4 is 28.0 Å². The topological polar surface area (TPSA) is 47.0 Å². The van der Waals surface area contributed by atoms with E-state index in [2.05, 4.69) is 25.9 Å². The highest BCUT2D eigenvalue weighted by Crippen LogP contribution is 2.38. The summed E-state index contributed by atoms with van der Waals surface area (Å²) in [4.78, 5) is 10.4. The maximum Gasteiger partial charge on any atom is 0.214 e. The summed E-state index contributed by atoms with van der Waals surface area (Å²) in [6, 6.07) is 6.86. The molecule has 1 fully saturated rings. The smallest absolute Gasteiger partial charge is 0.214 e. The van der Waals surface area contributed by atoms with Crippen molar-refractivity contribution in [3.8, 4) is 5.88 Å². The molecule has 2 aromatic rings. The molecule has 1 saturated heterocycles. The van der Waals surface area contributed by atoms with Gasteiger partial charge in [0.2, 0.25) is 5.88 Å². The van der Waals surface area contributed by atoms with Crippen LogP contribution >= 0.6 is 15.9 Å². The van der Waals surface area contributed by atoms with E-state index in [1.54, 1.807) is 24.7 Å². The van der Waals surface area contributed by atoms with E-state index in [1.807, 2.05) is 31.9 Å². The Morgan fingerprint density at radius 1 is 1.42 bits per heavy atom. The van der Waals surface area contributed by atoms with E-state index in [4.69, 9.17) is 9.47 Å². The lowest BCUT2D eigenvalue weighted by Gasteiger charge is -2.42. The third-order valence-corrected chi connectivity index (χ3v) is 4.82. The van der Waals surface area contributed by atoms with Crippen LogP contribution in [0.2, 0.25) is 0 Å². The quantitative estimate of drug-likeness (QED) is 0.517. The molecule has 1 aromatic carbocycles. The molecule has 1 aromatic heterocycles. The molecular weight excluding hydrogens is 401 g/mol. The number of benzene rings is 1. The van der Waals surface area contributed by atoms with Gasteiger partial charge in [0, 0.05) is 35.9 Å². The van der Waals surface area contributed by atoms with Gasteiger partial charge in [-0.15, -0.1) is 0 Å². The third-order valence-electron chi connectivity index (χ3n) is 4.35. The van der Waals surface area contributed by atoms with Crippen molar-refractivity contribution < 1.29 is 13.9 Å². The molecule has 138 valence electrons. The predicted molar refractivity (Wildman–Crippen MR) is 103 cm³/mol. The van der Waals surface area contributed by atoms with Gasteiger partial charge in [0.25, 0.3) is 0 Å². The van der Waals surface area contributed by atoms with Crippen LogP contribution in [0.4, 0.5) is 10.1 Å². The minimum Gasteiger partial charge on any atom is -0.461 e. The van der Waals surface area contributed by atoms with Crippen LogP contribution in [0.1, 0.15) is 18.1 Å². The summed E-state index contributed by atoms with van der Waals surface area (Å²) >= 11 is 3.35. The minimum absolute atomic E-state index is 0.309. The second-order valence-corrected chi connectivity index (χ2v) is 7.26. The van der Waals surface area contributed by atoms with E-state index in [-0.39, 0.29) is 5.82 Å². The number of hydrogen-bond donors (Lipinski definition) is 0. The zero-order valence-electron chi connectivity index (χ0n) is 15.0. The Morgan fingerprint density at radius 2 is 2.19 bits per heavy atom. The number of pyridine rings is 1. The fraction of sp³-hybridized carbons (Fsp3) is 0.368. The fourth-order valence-electron chi connectivity index (χ4n) is 2.68. The molecule has 0 bridgehead atoms. The van der Waals surface area contributed by atoms with Crippen molar-refractivity contribution in [3.05, 3.63) is 51.9 Å². The zero-order chi connectivity index (χ0) is 18.7. The summed E-state index contributed by atoms with van der Waals surface area (Å²) in [5, 5.41) is 0. The zero-order valence-corrected chi connectivity index (χ0v) is 16.6. The van der Waals surface area contributed by atoms with Crippen molar-refractivity contribution in [1.29, 1.82) is 0 Å². The van der Waals surface area contributed by atoms with E-state index in [9.17, 15) is 4.39 Å². The Bertz CT molecular complexity index is 807. The van der Waals surface area contributed by atoms with Gasteiger partial charge in [-0.25, -0.2) is 14.4 Å². The molecule has 1 aliphatic rings. The molecule has 3 rings (SSSR count). The maximum absolute atomic E-state index is 14.6. The summed E-state index contributed by atoms with van der Waals surface area (Å²) in [5.74, 6) is 0.0907.